The van der Waals surface area contributed by atoms with Gasteiger partial charge in [0.15, 0.2) is 4.88 Å². The van der Waals surface area contributed by atoms with E-state index in [1.807, 2.05) is 0 Å². The maximum Gasteiger partial charge on any atom is 0.353 e. The zero-order valence-electron chi connectivity index (χ0n) is 5.48. The van der Waals surface area contributed by atoms with E-state index in [0.29, 0.717) is 3.79 Å². The normalized spacial score (nSPS) is 9.75. The zero-order valence-corrected chi connectivity index (χ0v) is 7.89. The van der Waals surface area contributed by atoms with Crippen LogP contribution in [0.1, 0.15) is 9.67 Å². The predicted molar refractivity (Wildman–Crippen MR) is 45.6 cm³/mol. The Bertz CT molecular complexity index is 316. The number of halogens is 1. The van der Waals surface area contributed by atoms with E-state index in [0.717, 1.165) is 11.3 Å². The van der Waals surface area contributed by atoms with E-state index in [1.54, 1.807) is 0 Å². The molecule has 7 heteroatoms. The predicted octanol–water partition coefficient (Wildman–Crippen LogP) is 2.12. The van der Waals surface area contributed by atoms with Crippen LogP contribution < -0.4 is 0 Å². The molecule has 1 aromatic rings. The molecule has 0 bridgehead atoms. The van der Waals surface area contributed by atoms with Gasteiger partial charge in [-0.2, -0.15) is 0 Å². The third kappa shape index (κ3) is 1.62. The average Bonchev–Trinajstić information content (AvgIpc) is 2.31. The second-order valence-corrected chi connectivity index (χ2v) is 4.26. The lowest BCUT2D eigenvalue weighted by molar-refractivity contribution is -0.384. The van der Waals surface area contributed by atoms with Crippen molar-refractivity contribution >= 4 is 38.9 Å². The van der Waals surface area contributed by atoms with Gasteiger partial charge in [-0.15, -0.1) is 11.3 Å². The topological polar surface area (TPSA) is 80.4 Å². The molecule has 12 heavy (non-hydrogen) atoms. The average molecular weight is 252 g/mol. The maximum absolute atomic E-state index is 10.4. The summed E-state index contributed by atoms with van der Waals surface area (Å²) in [5.74, 6) is -1.28. The van der Waals surface area contributed by atoms with Crippen LogP contribution in [0.15, 0.2) is 9.85 Å². The van der Waals surface area contributed by atoms with Crippen LogP contribution in [0.5, 0.6) is 0 Å². The van der Waals surface area contributed by atoms with Gasteiger partial charge in [-0.3, -0.25) is 10.1 Å². The first-order valence-electron chi connectivity index (χ1n) is 2.69. The van der Waals surface area contributed by atoms with Gasteiger partial charge >= 0.3 is 5.97 Å². The van der Waals surface area contributed by atoms with Gasteiger partial charge in [0, 0.05) is 6.07 Å². The number of carbonyl (C=O) groups is 1. The third-order valence-corrected chi connectivity index (χ3v) is 2.69. The van der Waals surface area contributed by atoms with Crippen LogP contribution in [0.3, 0.4) is 0 Å². The Hall–Kier alpha value is -0.950. The molecule has 0 saturated carbocycles. The van der Waals surface area contributed by atoms with Crippen LogP contribution in [0, 0.1) is 10.1 Å². The first-order chi connectivity index (χ1) is 5.52. The molecule has 1 rings (SSSR count). The Morgan fingerprint density at radius 1 is 1.75 bits per heavy atom. The summed E-state index contributed by atoms with van der Waals surface area (Å²) in [5.41, 5.74) is -0.376. The first-order valence-corrected chi connectivity index (χ1v) is 4.30. The van der Waals surface area contributed by atoms with Crippen LogP contribution in [0.4, 0.5) is 5.69 Å². The first kappa shape index (κ1) is 9.14. The highest BCUT2D eigenvalue weighted by molar-refractivity contribution is 9.11. The largest absolute Gasteiger partial charge is 0.477 e. The van der Waals surface area contributed by atoms with Crippen LogP contribution >= 0.6 is 27.3 Å². The van der Waals surface area contributed by atoms with Crippen LogP contribution in [0.2, 0.25) is 0 Å². The fourth-order valence-corrected chi connectivity index (χ4v) is 2.03. The van der Waals surface area contributed by atoms with Crippen molar-refractivity contribution in [3.05, 3.63) is 24.8 Å². The highest BCUT2D eigenvalue weighted by atomic mass is 79.9. The minimum absolute atomic E-state index is 0.258. The van der Waals surface area contributed by atoms with E-state index in [9.17, 15) is 14.9 Å². The highest BCUT2D eigenvalue weighted by Gasteiger charge is 2.23. The Balaban J connectivity index is 3.26. The third-order valence-electron chi connectivity index (χ3n) is 1.07. The fraction of sp³-hybridized carbons (Fsp3) is 0. The number of rotatable bonds is 2. The van der Waals surface area contributed by atoms with Crippen LogP contribution in [-0.4, -0.2) is 16.0 Å². The summed E-state index contributed by atoms with van der Waals surface area (Å²) < 4.78 is 0.437. The Morgan fingerprint density at radius 2 is 2.33 bits per heavy atom. The molecule has 0 radical (unpaired) electrons. The van der Waals surface area contributed by atoms with Gasteiger partial charge in [0.2, 0.25) is 0 Å². The number of nitrogens with zero attached hydrogens (tertiary/aromatic N) is 1. The SMILES string of the molecule is O=C(O)c1sc(Br)cc1[N+](=O)[O-]. The molecule has 0 aromatic carbocycles. The summed E-state index contributed by atoms with van der Waals surface area (Å²) >= 11 is 3.80. The van der Waals surface area contributed by atoms with Crippen molar-refractivity contribution < 1.29 is 14.8 Å². The van der Waals surface area contributed by atoms with Gasteiger partial charge in [0.1, 0.15) is 0 Å². The van der Waals surface area contributed by atoms with Crippen molar-refractivity contribution in [1.29, 1.82) is 0 Å². The number of carboxylic acid groups (broad SMARTS) is 1. The lowest BCUT2D eigenvalue weighted by atomic mass is 10.4. The van der Waals surface area contributed by atoms with Crippen molar-refractivity contribution in [1.82, 2.24) is 0 Å². The summed E-state index contributed by atoms with van der Waals surface area (Å²) in [6.07, 6.45) is 0. The van der Waals surface area contributed by atoms with Crippen molar-refractivity contribution in [3.8, 4) is 0 Å². The van der Waals surface area contributed by atoms with Gasteiger partial charge in [0.05, 0.1) is 8.71 Å². The summed E-state index contributed by atoms with van der Waals surface area (Å²) in [7, 11) is 0. The Labute approximate surface area is 78.9 Å². The molecule has 1 N–H and O–H groups in total. The van der Waals surface area contributed by atoms with Gasteiger partial charge in [-0.05, 0) is 15.9 Å². The second-order valence-electron chi connectivity index (χ2n) is 1.83. The number of hydrogen-bond acceptors (Lipinski definition) is 4. The van der Waals surface area contributed by atoms with Crippen molar-refractivity contribution in [3.63, 3.8) is 0 Å². The minimum atomic E-state index is -1.28. The van der Waals surface area contributed by atoms with Gasteiger partial charge < -0.3 is 5.11 Å². The zero-order chi connectivity index (χ0) is 9.30. The summed E-state index contributed by atoms with van der Waals surface area (Å²) in [4.78, 5) is 19.7. The van der Waals surface area contributed by atoms with Crippen molar-refractivity contribution in [2.75, 3.05) is 0 Å². The van der Waals surface area contributed by atoms with E-state index in [4.69, 9.17) is 5.11 Å². The van der Waals surface area contributed by atoms with Gasteiger partial charge in [-0.25, -0.2) is 4.79 Å². The fourth-order valence-electron chi connectivity index (χ4n) is 0.641. The molecular formula is C5H2BrNO4S. The molecule has 0 aliphatic rings. The molecule has 64 valence electrons. The Morgan fingerprint density at radius 3 is 2.67 bits per heavy atom. The van der Waals surface area contributed by atoms with Crippen molar-refractivity contribution in [2.24, 2.45) is 0 Å². The maximum atomic E-state index is 10.4. The smallest absolute Gasteiger partial charge is 0.353 e. The molecule has 0 spiro atoms. The van der Waals surface area contributed by atoms with E-state index in [2.05, 4.69) is 15.9 Å². The molecule has 5 nitrogen and oxygen atoms in total. The van der Waals surface area contributed by atoms with Gasteiger partial charge in [-0.1, -0.05) is 0 Å². The van der Waals surface area contributed by atoms with Gasteiger partial charge in [0.25, 0.3) is 5.69 Å². The Kier molecular flexibility index (Phi) is 2.43. The molecule has 0 aliphatic heterocycles. The standard InChI is InChI=1S/C5H2BrNO4S/c6-3-1-2(7(10)11)4(12-3)5(8)9/h1H,(H,8,9). The summed E-state index contributed by atoms with van der Waals surface area (Å²) in [6, 6.07) is 1.17. The lowest BCUT2D eigenvalue weighted by Gasteiger charge is -1.86. The summed E-state index contributed by atoms with van der Waals surface area (Å²) in [6.45, 7) is 0. The van der Waals surface area contributed by atoms with Crippen LogP contribution in [0.25, 0.3) is 0 Å². The van der Waals surface area contributed by atoms with Crippen LogP contribution in [-0.2, 0) is 0 Å². The number of hydrogen-bond donors (Lipinski definition) is 1. The molecule has 1 aromatic heterocycles. The monoisotopic (exact) mass is 251 g/mol. The van der Waals surface area contributed by atoms with Crippen molar-refractivity contribution in [2.45, 2.75) is 0 Å². The molecule has 0 unspecified atom stereocenters. The number of nitro groups is 1. The second kappa shape index (κ2) is 3.20. The molecule has 0 amide bonds. The molecule has 0 fully saturated rings. The number of carboxylic acids is 1. The van der Waals surface area contributed by atoms with E-state index in [-0.39, 0.29) is 10.6 Å². The van der Waals surface area contributed by atoms with E-state index < -0.39 is 10.9 Å². The number of aromatic carboxylic acids is 1. The molecular weight excluding hydrogens is 250 g/mol. The minimum Gasteiger partial charge on any atom is -0.477 e. The summed E-state index contributed by atoms with van der Waals surface area (Å²) in [5, 5.41) is 18.8. The highest BCUT2D eigenvalue weighted by Crippen LogP contribution is 2.32. The molecule has 1 heterocycles. The quantitative estimate of drug-likeness (QED) is 0.645. The molecule has 0 aliphatic carbocycles. The number of thiophene rings is 1. The molecule has 0 atom stereocenters. The van der Waals surface area contributed by atoms with E-state index >= 15 is 0 Å². The lowest BCUT2D eigenvalue weighted by Crippen LogP contribution is -1.97. The molecule has 0 saturated heterocycles. The van der Waals surface area contributed by atoms with E-state index in [1.165, 1.54) is 6.07 Å².